The maximum atomic E-state index is 5.97. The molecule has 0 aliphatic carbocycles. The third-order valence-electron chi connectivity index (χ3n) is 3.19. The Morgan fingerprint density at radius 2 is 1.95 bits per heavy atom. The van der Waals surface area contributed by atoms with Crippen LogP contribution in [-0.2, 0) is 6.42 Å². The Morgan fingerprint density at radius 1 is 1.21 bits per heavy atom. The molecule has 0 amide bonds. The number of hydrogen-bond acceptors (Lipinski definition) is 3. The number of fused-ring (bicyclic) bond motifs is 1. The van der Waals surface area contributed by atoms with Crippen LogP contribution in [0.25, 0.3) is 11.0 Å². The highest BCUT2D eigenvalue weighted by Gasteiger charge is 2.14. The third-order valence-corrected chi connectivity index (χ3v) is 3.36. The number of rotatable bonds is 2. The Bertz CT molecular complexity index is 734. The molecule has 0 saturated carbocycles. The summed E-state index contributed by atoms with van der Waals surface area (Å²) in [7, 11) is 0. The van der Waals surface area contributed by atoms with Crippen molar-refractivity contribution in [1.29, 1.82) is 0 Å². The van der Waals surface area contributed by atoms with Crippen LogP contribution < -0.4 is 5.73 Å². The second-order valence-corrected chi connectivity index (χ2v) is 4.83. The molecule has 0 radical (unpaired) electrons. The van der Waals surface area contributed by atoms with Crippen molar-refractivity contribution < 1.29 is 0 Å². The summed E-state index contributed by atoms with van der Waals surface area (Å²) in [6.45, 7) is 2.01. The summed E-state index contributed by atoms with van der Waals surface area (Å²) >= 11 is 5.82. The van der Waals surface area contributed by atoms with Gasteiger partial charge < -0.3 is 10.7 Å². The molecule has 5 heteroatoms. The van der Waals surface area contributed by atoms with Crippen LogP contribution in [-0.4, -0.2) is 15.0 Å². The van der Waals surface area contributed by atoms with Crippen LogP contribution in [0.5, 0.6) is 0 Å². The van der Waals surface area contributed by atoms with E-state index < -0.39 is 0 Å². The third kappa shape index (κ3) is 2.15. The fourth-order valence-corrected chi connectivity index (χ4v) is 2.47. The van der Waals surface area contributed by atoms with Crippen molar-refractivity contribution in [2.24, 2.45) is 0 Å². The quantitative estimate of drug-likeness (QED) is 0.705. The van der Waals surface area contributed by atoms with Gasteiger partial charge in [0.25, 0.3) is 0 Å². The summed E-state index contributed by atoms with van der Waals surface area (Å²) in [5.41, 5.74) is 10.1. The van der Waals surface area contributed by atoms with Crippen molar-refractivity contribution in [3.8, 4) is 0 Å². The zero-order valence-corrected chi connectivity index (χ0v) is 11.2. The molecule has 3 N–H and O–H groups in total. The molecule has 0 atom stereocenters. The Morgan fingerprint density at radius 3 is 2.68 bits per heavy atom. The average Bonchev–Trinajstić information content (AvgIpc) is 2.67. The van der Waals surface area contributed by atoms with Crippen LogP contribution in [0.3, 0.4) is 0 Å². The number of aromatic amines is 1. The van der Waals surface area contributed by atoms with E-state index in [2.05, 4.69) is 27.1 Å². The number of nitrogen functional groups attached to an aromatic ring is 1. The molecule has 0 spiro atoms. The number of H-pyrrole nitrogens is 1. The van der Waals surface area contributed by atoms with E-state index in [1.165, 1.54) is 5.56 Å². The molecule has 0 bridgehead atoms. The molecule has 4 nitrogen and oxygen atoms in total. The number of hydrogen-bond donors (Lipinski definition) is 2. The van der Waals surface area contributed by atoms with E-state index in [0.717, 1.165) is 23.1 Å². The van der Waals surface area contributed by atoms with Crippen molar-refractivity contribution in [3.63, 3.8) is 0 Å². The van der Waals surface area contributed by atoms with Gasteiger partial charge in [-0.2, -0.15) is 4.98 Å². The van der Waals surface area contributed by atoms with Crippen LogP contribution in [0.2, 0.25) is 5.28 Å². The van der Waals surface area contributed by atoms with E-state index in [1.54, 1.807) is 0 Å². The van der Waals surface area contributed by atoms with Gasteiger partial charge in [0.05, 0.1) is 5.39 Å². The number of nitrogens with two attached hydrogens (primary N) is 1. The number of aromatic nitrogens is 3. The number of anilines is 1. The van der Waals surface area contributed by atoms with Crippen molar-refractivity contribution in [1.82, 2.24) is 15.0 Å². The average molecular weight is 273 g/mol. The maximum absolute atomic E-state index is 5.97. The van der Waals surface area contributed by atoms with Gasteiger partial charge in [-0.15, -0.1) is 0 Å². The smallest absolute Gasteiger partial charge is 0.226 e. The van der Waals surface area contributed by atoms with Crippen LogP contribution in [0.15, 0.2) is 30.3 Å². The number of nitrogens with one attached hydrogen (secondary N) is 1. The van der Waals surface area contributed by atoms with E-state index >= 15 is 0 Å². The standard InChI is InChI=1S/C14H13ClN4/c1-8-10(7-9-5-3-2-4-6-9)11-12(16)18-14(15)19-13(11)17-8/h2-6H,7H2,1H3,(H3,16,17,18,19). The predicted molar refractivity (Wildman–Crippen MR) is 77.3 cm³/mol. The Balaban J connectivity index is 2.16. The van der Waals surface area contributed by atoms with Crippen LogP contribution >= 0.6 is 11.6 Å². The summed E-state index contributed by atoms with van der Waals surface area (Å²) in [4.78, 5) is 11.4. The van der Waals surface area contributed by atoms with Crippen molar-refractivity contribution >= 4 is 28.5 Å². The van der Waals surface area contributed by atoms with Crippen LogP contribution in [0, 0.1) is 6.92 Å². The molecule has 0 aliphatic rings. The van der Waals surface area contributed by atoms with E-state index in [9.17, 15) is 0 Å². The molecular weight excluding hydrogens is 260 g/mol. The molecule has 0 fully saturated rings. The maximum Gasteiger partial charge on any atom is 0.226 e. The zero-order valence-electron chi connectivity index (χ0n) is 10.4. The summed E-state index contributed by atoms with van der Waals surface area (Å²) < 4.78 is 0. The normalized spacial score (nSPS) is 11.1. The Hall–Kier alpha value is -2.07. The first-order chi connectivity index (χ1) is 9.15. The fourth-order valence-electron chi connectivity index (χ4n) is 2.30. The molecule has 0 aliphatic heterocycles. The second kappa shape index (κ2) is 4.55. The van der Waals surface area contributed by atoms with E-state index in [4.69, 9.17) is 17.3 Å². The molecule has 0 saturated heterocycles. The molecular formula is C14H13ClN4. The SMILES string of the molecule is Cc1[nH]c2nc(Cl)nc(N)c2c1Cc1ccccc1. The fraction of sp³-hybridized carbons (Fsp3) is 0.143. The zero-order chi connectivity index (χ0) is 13.4. The highest BCUT2D eigenvalue weighted by molar-refractivity contribution is 6.28. The number of halogens is 1. The van der Waals surface area contributed by atoms with Gasteiger partial charge in [0.2, 0.25) is 5.28 Å². The monoisotopic (exact) mass is 272 g/mol. The van der Waals surface area contributed by atoms with Gasteiger partial charge in [-0.3, -0.25) is 0 Å². The molecule has 19 heavy (non-hydrogen) atoms. The van der Waals surface area contributed by atoms with Crippen molar-refractivity contribution in [3.05, 3.63) is 52.4 Å². The lowest BCUT2D eigenvalue weighted by Crippen LogP contribution is -1.96. The van der Waals surface area contributed by atoms with Gasteiger partial charge in [0.15, 0.2) is 0 Å². The summed E-state index contributed by atoms with van der Waals surface area (Å²) in [5, 5.41) is 1.03. The lowest BCUT2D eigenvalue weighted by molar-refractivity contribution is 1.14. The molecule has 2 heterocycles. The minimum atomic E-state index is 0.164. The Labute approximate surface area is 115 Å². The number of nitrogens with zero attached hydrogens (tertiary/aromatic N) is 2. The Kier molecular flexibility index (Phi) is 2.87. The van der Waals surface area contributed by atoms with Crippen molar-refractivity contribution in [2.45, 2.75) is 13.3 Å². The van der Waals surface area contributed by atoms with Gasteiger partial charge >= 0.3 is 0 Å². The largest absolute Gasteiger partial charge is 0.383 e. The van der Waals surface area contributed by atoms with Gasteiger partial charge in [0, 0.05) is 12.1 Å². The topological polar surface area (TPSA) is 67.6 Å². The molecule has 3 aromatic rings. The lowest BCUT2D eigenvalue weighted by atomic mass is 10.0. The van der Waals surface area contributed by atoms with Gasteiger partial charge in [-0.05, 0) is 29.7 Å². The highest BCUT2D eigenvalue weighted by Crippen LogP contribution is 2.28. The van der Waals surface area contributed by atoms with E-state index in [0.29, 0.717) is 11.5 Å². The predicted octanol–water partition coefficient (Wildman–Crippen LogP) is 3.09. The van der Waals surface area contributed by atoms with E-state index in [1.807, 2.05) is 25.1 Å². The van der Waals surface area contributed by atoms with Crippen LogP contribution in [0.1, 0.15) is 16.8 Å². The first kappa shape index (κ1) is 12.0. The molecule has 0 unspecified atom stereocenters. The first-order valence-electron chi connectivity index (χ1n) is 5.99. The molecule has 1 aromatic carbocycles. The van der Waals surface area contributed by atoms with E-state index in [-0.39, 0.29) is 5.28 Å². The van der Waals surface area contributed by atoms with Gasteiger partial charge in [0.1, 0.15) is 11.5 Å². The lowest BCUT2D eigenvalue weighted by Gasteiger charge is -2.03. The first-order valence-corrected chi connectivity index (χ1v) is 6.37. The minimum absolute atomic E-state index is 0.164. The minimum Gasteiger partial charge on any atom is -0.383 e. The molecule has 3 rings (SSSR count). The summed E-state index contributed by atoms with van der Waals surface area (Å²) in [6.07, 6.45) is 0.794. The second-order valence-electron chi connectivity index (χ2n) is 4.49. The summed E-state index contributed by atoms with van der Waals surface area (Å²) in [6, 6.07) is 10.2. The van der Waals surface area contributed by atoms with Crippen LogP contribution in [0.4, 0.5) is 5.82 Å². The number of aryl methyl sites for hydroxylation is 1. The molecule has 2 aromatic heterocycles. The molecule has 96 valence electrons. The van der Waals surface area contributed by atoms with Crippen molar-refractivity contribution in [2.75, 3.05) is 5.73 Å². The summed E-state index contributed by atoms with van der Waals surface area (Å²) in [5.74, 6) is 0.422. The number of benzene rings is 1. The van der Waals surface area contributed by atoms with Gasteiger partial charge in [-0.25, -0.2) is 4.98 Å². The highest BCUT2D eigenvalue weighted by atomic mass is 35.5. The van der Waals surface area contributed by atoms with Gasteiger partial charge in [-0.1, -0.05) is 30.3 Å².